The van der Waals surface area contributed by atoms with Crippen molar-refractivity contribution >= 4 is 40.5 Å². The van der Waals surface area contributed by atoms with E-state index >= 15 is 0 Å². The number of carbonyl (C=O) groups is 5. The second kappa shape index (κ2) is 44.3. The number of aryl methyl sites for hydroxylation is 11. The van der Waals surface area contributed by atoms with Gasteiger partial charge in [-0.3, -0.25) is 73.8 Å². The first-order valence-electron chi connectivity index (χ1n) is 39.4. The molecule has 630 valence electrons. The molecule has 0 atom stereocenters. The number of aromatic nitrogens is 15. The number of rotatable bonds is 26. The molecule has 28 heteroatoms. The van der Waals surface area contributed by atoms with E-state index in [1.54, 1.807) is 135 Å². The van der Waals surface area contributed by atoms with Crippen LogP contribution in [0.25, 0.3) is 0 Å². The van der Waals surface area contributed by atoms with Crippen molar-refractivity contribution in [1.82, 2.24) is 74.8 Å². The van der Waals surface area contributed by atoms with Crippen LogP contribution in [-0.4, -0.2) is 104 Å². The highest BCUT2D eigenvalue weighted by Crippen LogP contribution is 2.30. The smallest absolute Gasteiger partial charge is 0.187 e. The van der Waals surface area contributed by atoms with E-state index in [4.69, 9.17) is 35.3 Å². The van der Waals surface area contributed by atoms with E-state index < -0.39 is 11.6 Å². The zero-order valence-electron chi connectivity index (χ0n) is 70.3. The summed E-state index contributed by atoms with van der Waals surface area (Å²) in [5.41, 5.74) is 14.2. The van der Waals surface area contributed by atoms with E-state index in [0.717, 1.165) is 62.7 Å². The average molecular weight is 1700 g/mol. The molecule has 125 heavy (non-hydrogen) atoms. The molecule has 0 aliphatic carbocycles. The molecule has 0 fully saturated rings. The van der Waals surface area contributed by atoms with E-state index in [1.165, 1.54) is 36.8 Å². The fraction of sp³-hybridized carbons (Fsp3) is 0.175. The normalized spacial score (nSPS) is 10.5. The van der Waals surface area contributed by atoms with Crippen LogP contribution in [0.3, 0.4) is 0 Å². The maximum absolute atomic E-state index is 13.3. The van der Waals surface area contributed by atoms with Gasteiger partial charge in [0.25, 0.3) is 0 Å². The van der Waals surface area contributed by atoms with Gasteiger partial charge >= 0.3 is 0 Å². The molecule has 0 aromatic carbocycles. The number of Topliss-reactive ketones (excluding diaryl/α,β-unsaturated/α-hetero) is 5. The molecule has 15 heterocycles. The van der Waals surface area contributed by atoms with Gasteiger partial charge in [0.2, 0.25) is 0 Å². The van der Waals surface area contributed by atoms with Crippen LogP contribution in [0.5, 0.6) is 57.5 Å². The molecule has 25 nitrogen and oxygen atoms in total. The monoisotopic (exact) mass is 1690 g/mol. The Labute approximate surface area is 726 Å². The minimum atomic E-state index is -0.492. The number of nitrogens with zero attached hydrogens (tertiary/aromatic N) is 15. The summed E-state index contributed by atoms with van der Waals surface area (Å²) in [6.07, 6.45) is 20.1. The summed E-state index contributed by atoms with van der Waals surface area (Å²) in [7, 11) is 0. The van der Waals surface area contributed by atoms with Gasteiger partial charge in [-0.05, 0) is 171 Å². The van der Waals surface area contributed by atoms with Crippen molar-refractivity contribution in [3.05, 3.63) is 386 Å². The quantitative estimate of drug-likeness (QED) is 0.0455. The summed E-state index contributed by atoms with van der Waals surface area (Å²) in [5.74, 6) is 3.50. The highest BCUT2D eigenvalue weighted by molar-refractivity contribution is 6.30. The topological polar surface area (TPSA) is 325 Å². The van der Waals surface area contributed by atoms with Gasteiger partial charge in [-0.1, -0.05) is 42.8 Å². The number of carbonyl (C=O) groups excluding carboxylic acids is 5. The van der Waals surface area contributed by atoms with Crippen molar-refractivity contribution in [2.24, 2.45) is 0 Å². The Balaban J connectivity index is 0.000000152. The third-order valence-electron chi connectivity index (χ3n) is 17.6. The Morgan fingerprint density at radius 3 is 1.06 bits per heavy atom. The van der Waals surface area contributed by atoms with Crippen molar-refractivity contribution in [2.75, 3.05) is 0 Å². The van der Waals surface area contributed by atoms with Crippen molar-refractivity contribution in [3.8, 4) is 57.5 Å². The lowest BCUT2D eigenvalue weighted by atomic mass is 10.1. The Morgan fingerprint density at radius 2 is 0.672 bits per heavy atom. The summed E-state index contributed by atoms with van der Waals surface area (Å²) in [5, 5.41) is 0.477. The van der Waals surface area contributed by atoms with E-state index in [9.17, 15) is 32.8 Å². The average Bonchev–Trinajstić information content (AvgIpc) is 0.856. The van der Waals surface area contributed by atoms with Gasteiger partial charge in [0.1, 0.15) is 97.6 Å². The number of halogens is 3. The van der Waals surface area contributed by atoms with E-state index in [0.29, 0.717) is 120 Å². The van der Waals surface area contributed by atoms with Gasteiger partial charge in [0.05, 0.1) is 80.0 Å². The Hall–Kier alpha value is -15.3. The number of ether oxygens (including phenoxy) is 5. The Kier molecular flexibility index (Phi) is 32.1. The van der Waals surface area contributed by atoms with Crippen LogP contribution in [0.2, 0.25) is 5.02 Å². The highest BCUT2D eigenvalue weighted by atomic mass is 35.5. The molecule has 15 aromatic rings. The summed E-state index contributed by atoms with van der Waals surface area (Å²) in [4.78, 5) is 125. The molecule has 0 saturated heterocycles. The summed E-state index contributed by atoms with van der Waals surface area (Å²) in [6, 6.07) is 50.1. The third kappa shape index (κ3) is 29.6. The zero-order valence-corrected chi connectivity index (χ0v) is 71.1. The second-order valence-electron chi connectivity index (χ2n) is 28.7. The molecule has 0 aliphatic rings. The highest BCUT2D eigenvalue weighted by Gasteiger charge is 2.20. The molecule has 15 aromatic heterocycles. The minimum Gasteiger partial charge on any atom is -0.456 e. The SMILES string of the molecule is CCc1cc(Oc2cncc(F)c2)cc(C(=O)Cc2ccc(C)cn2)n1.Cc1cc(Oc2cccnc2)cc(C(=O)Cc2cc(F)ccn2)n1.Cc1ccc(CC(=O)c2cc(Oc3ccc(C)nc3)cc(C)n2)nc1.Cc1ccc(CC(=O)c2cc(Oc3cncc(Cl)c3)cc(C)n2)nc1.Cc1ccc(Oc2cc(C)nc(C(=O)Cc3cccc(C)n3)c2)cn1. The first-order chi connectivity index (χ1) is 60.1. The van der Waals surface area contributed by atoms with Gasteiger partial charge < -0.3 is 23.7 Å². The van der Waals surface area contributed by atoms with Gasteiger partial charge in [-0.2, -0.15) is 0 Å². The summed E-state index contributed by atoms with van der Waals surface area (Å²) in [6.45, 7) is 20.8. The van der Waals surface area contributed by atoms with E-state index in [1.807, 2.05) is 148 Å². The van der Waals surface area contributed by atoms with Crippen molar-refractivity contribution < 1.29 is 56.4 Å². The Bertz CT molecular complexity index is 6270. The standard InChI is InChI=1S/C20H18FN3O2.2C20H19N3O2.C19H16ClN3O2.C18H14FN3O2/c1-3-15-7-17(26-18-6-14(21)11-22-12-18)9-19(24-15)20(25)8-16-5-4-13(2)10-23-16;1-13-4-6-16(22-11-13)9-20(24)19-10-18(8-15(3)23-19)25-17-7-5-14(2)21-12-17;1-13-7-8-17(12-21-13)25-18-9-15(3)23-19(11-18)20(24)10-16-6-4-5-14(2)22-16;1-12-3-4-15(22-9-12)7-19(24)18-8-16(5-13(2)23-18)25-17-6-14(20)10-21-11-17;1-12-7-16(24-15-3-2-5-20-11-15)10-17(22-12)18(23)9-14-8-13(19)4-6-21-14/h4-7,9-12H,3,8H2,1-2H3;4-8,10-12H,9H2,1-3H3;4-9,11-12H,10H2,1-3H3;3-6,8-11H,7H2,1-2H3;2-8,10-11H,9H2,1H3. The van der Waals surface area contributed by atoms with Gasteiger partial charge in [-0.25, -0.2) is 33.7 Å². The molecule has 15 rings (SSSR count). The lowest BCUT2D eigenvalue weighted by Gasteiger charge is -2.09. The molecule has 0 bridgehead atoms. The van der Waals surface area contributed by atoms with Crippen molar-refractivity contribution in [2.45, 2.75) is 115 Å². The number of hydrogen-bond acceptors (Lipinski definition) is 25. The molecule has 0 radical (unpaired) electrons. The largest absolute Gasteiger partial charge is 0.456 e. The first kappa shape index (κ1) is 90.5. The molecule has 0 spiro atoms. The van der Waals surface area contributed by atoms with Crippen LogP contribution < -0.4 is 23.7 Å². The fourth-order valence-electron chi connectivity index (χ4n) is 11.6. The van der Waals surface area contributed by atoms with Crippen molar-refractivity contribution in [3.63, 3.8) is 0 Å². The molecule has 0 amide bonds. The number of ketones is 5. The molecular formula is C97H86ClF2N15O10. The number of hydrogen-bond donors (Lipinski definition) is 0. The predicted octanol–water partition coefficient (Wildman–Crippen LogP) is 20.0. The van der Waals surface area contributed by atoms with Crippen LogP contribution in [-0.2, 0) is 38.5 Å². The van der Waals surface area contributed by atoms with Crippen LogP contribution in [0.15, 0.2) is 250 Å². The van der Waals surface area contributed by atoms with Crippen LogP contribution in [0.1, 0.15) is 150 Å². The summed E-state index contributed by atoms with van der Waals surface area (Å²) >= 11 is 5.91. The van der Waals surface area contributed by atoms with Crippen LogP contribution in [0.4, 0.5) is 8.78 Å². The zero-order chi connectivity index (χ0) is 88.9. The lowest BCUT2D eigenvalue weighted by Crippen LogP contribution is -2.09. The predicted molar refractivity (Wildman–Crippen MR) is 466 cm³/mol. The van der Waals surface area contributed by atoms with Crippen LogP contribution in [0, 0.1) is 80.9 Å². The molecular weight excluding hydrogens is 1610 g/mol. The molecule has 0 unspecified atom stereocenters. The summed E-state index contributed by atoms with van der Waals surface area (Å²) < 4.78 is 55.2. The van der Waals surface area contributed by atoms with Crippen molar-refractivity contribution in [1.29, 1.82) is 0 Å². The van der Waals surface area contributed by atoms with Gasteiger partial charge in [0.15, 0.2) is 28.9 Å². The number of pyridine rings is 15. The lowest BCUT2D eigenvalue weighted by molar-refractivity contribution is 0.0978. The van der Waals surface area contributed by atoms with Gasteiger partial charge in [0, 0.05) is 178 Å². The molecule has 0 N–H and O–H groups in total. The van der Waals surface area contributed by atoms with Crippen LogP contribution >= 0.6 is 11.6 Å². The second-order valence-corrected chi connectivity index (χ2v) is 29.2. The van der Waals surface area contributed by atoms with E-state index in [2.05, 4.69) is 74.8 Å². The first-order valence-corrected chi connectivity index (χ1v) is 39.7. The Morgan fingerprint density at radius 1 is 0.272 bits per heavy atom. The van der Waals surface area contributed by atoms with Gasteiger partial charge in [-0.15, -0.1) is 0 Å². The molecule has 0 aliphatic heterocycles. The third-order valence-corrected chi connectivity index (χ3v) is 17.8. The molecule has 0 saturated carbocycles. The maximum atomic E-state index is 13.3. The van der Waals surface area contributed by atoms with E-state index in [-0.39, 0.29) is 72.5 Å². The minimum absolute atomic E-state index is 0.0272. The fourth-order valence-corrected chi connectivity index (χ4v) is 11.8. The maximum Gasteiger partial charge on any atom is 0.187 e.